The number of aromatic nitrogens is 4. The highest BCUT2D eigenvalue weighted by Crippen LogP contribution is 2.37. The zero-order chi connectivity index (χ0) is 74.5. The molecule has 2 fully saturated rings. The highest BCUT2D eigenvalue weighted by molar-refractivity contribution is 5.71. The van der Waals surface area contributed by atoms with Gasteiger partial charge in [-0.05, 0) is 188 Å². The molecule has 12 aromatic rings. The molecule has 2 saturated carbocycles. The van der Waals surface area contributed by atoms with Gasteiger partial charge in [-0.15, -0.1) is 0 Å². The first-order valence-corrected chi connectivity index (χ1v) is 33.1. The van der Waals surface area contributed by atoms with Crippen molar-refractivity contribution in [3.8, 4) is 89.5 Å². The van der Waals surface area contributed by atoms with E-state index in [1.807, 2.05) is 62.6 Å². The Hall–Kier alpha value is -9.64. The molecule has 4 aromatic heterocycles. The van der Waals surface area contributed by atoms with Crippen molar-refractivity contribution in [2.75, 3.05) is 0 Å². The predicted octanol–water partition coefficient (Wildman–Crippen LogP) is 21.2. The third-order valence-electron chi connectivity index (χ3n) is 18.1. The van der Waals surface area contributed by atoms with Crippen molar-refractivity contribution >= 4 is 0 Å². The molecule has 8 aromatic carbocycles. The van der Waals surface area contributed by atoms with Crippen LogP contribution in [0.25, 0.3) is 89.5 Å². The Labute approximate surface area is 576 Å². The first-order chi connectivity index (χ1) is 49.5. The van der Waals surface area contributed by atoms with E-state index in [4.69, 9.17) is 13.7 Å². The average Bonchev–Trinajstić information content (AvgIpc) is 0.864. The van der Waals surface area contributed by atoms with E-state index < -0.39 is 37.3 Å². The maximum Gasteiger partial charge on any atom is 0.212 e. The molecule has 4 heteroatoms. The molecule has 2 aliphatic rings. The molecule has 472 valence electrons. The van der Waals surface area contributed by atoms with Crippen LogP contribution in [0.1, 0.15) is 135 Å². The second-order valence-electron chi connectivity index (χ2n) is 24.9. The van der Waals surface area contributed by atoms with Crippen LogP contribution >= 0.6 is 0 Å². The molecular formula is C90H96N4+4. The van der Waals surface area contributed by atoms with Gasteiger partial charge in [0.2, 0.25) is 22.8 Å². The Bertz CT molecular complexity index is 5050. The number of hydrogen-bond acceptors (Lipinski definition) is 0. The highest BCUT2D eigenvalue weighted by atomic mass is 14.9. The van der Waals surface area contributed by atoms with E-state index in [0.29, 0.717) is 24.0 Å². The fraction of sp³-hybridized carbons (Fsp3) is 0.244. The van der Waals surface area contributed by atoms with Gasteiger partial charge in [0, 0.05) is 82.5 Å². The number of benzene rings is 8. The molecule has 0 N–H and O–H groups in total. The van der Waals surface area contributed by atoms with E-state index in [9.17, 15) is 0 Å². The molecule has 4 heterocycles. The molecule has 0 bridgehead atoms. The maximum atomic E-state index is 8.85. The maximum absolute atomic E-state index is 8.85. The summed E-state index contributed by atoms with van der Waals surface area (Å²) in [4.78, 5) is 0. The van der Waals surface area contributed by atoms with Gasteiger partial charge in [-0.1, -0.05) is 214 Å². The summed E-state index contributed by atoms with van der Waals surface area (Å²) in [6.07, 6.45) is 2.37. The number of pyridine rings is 4. The average molecular weight is 1240 g/mol. The Morgan fingerprint density at radius 3 is 1.01 bits per heavy atom. The summed E-state index contributed by atoms with van der Waals surface area (Å²) in [6, 6.07) is 83.0. The minimum Gasteiger partial charge on any atom is -0.200 e. The Kier molecular flexibility index (Phi) is 17.9. The summed E-state index contributed by atoms with van der Waals surface area (Å²) in [5.41, 5.74) is 27.6. The summed E-state index contributed by atoms with van der Waals surface area (Å²) in [7, 11) is 8.28. The van der Waals surface area contributed by atoms with Gasteiger partial charge in [-0.3, -0.25) is 0 Å². The van der Waals surface area contributed by atoms with Gasteiger partial charge in [-0.2, -0.15) is 0 Å². The summed E-state index contributed by atoms with van der Waals surface area (Å²) in [5.74, 6) is -3.17. The van der Waals surface area contributed by atoms with Gasteiger partial charge >= 0.3 is 0 Å². The number of nitrogens with zero attached hydrogens (tertiary/aromatic N) is 4. The van der Waals surface area contributed by atoms with Crippen LogP contribution in [0.2, 0.25) is 0 Å². The van der Waals surface area contributed by atoms with E-state index >= 15 is 0 Å². The first-order valence-electron chi connectivity index (χ1n) is 38.1. The van der Waals surface area contributed by atoms with Crippen LogP contribution in [0.4, 0.5) is 0 Å². The van der Waals surface area contributed by atoms with Crippen LogP contribution in [-0.2, 0) is 34.6 Å². The lowest BCUT2D eigenvalue weighted by atomic mass is 9.84. The van der Waals surface area contributed by atoms with Crippen molar-refractivity contribution in [2.45, 2.75) is 117 Å². The summed E-state index contributed by atoms with van der Waals surface area (Å²) < 4.78 is 91.6. The van der Waals surface area contributed by atoms with Crippen molar-refractivity contribution in [2.24, 2.45) is 28.2 Å². The van der Waals surface area contributed by atoms with Gasteiger partial charge in [-0.25, -0.2) is 18.3 Å². The minimum absolute atomic E-state index is 0.0570. The first kappa shape index (κ1) is 53.8. The zero-order valence-electron chi connectivity index (χ0n) is 66.4. The van der Waals surface area contributed by atoms with Crippen LogP contribution in [0.15, 0.2) is 267 Å². The molecule has 0 radical (unpaired) electrons. The molecule has 14 rings (SSSR count). The molecule has 0 amide bonds. The van der Waals surface area contributed by atoms with E-state index in [-0.39, 0.29) is 19.3 Å². The van der Waals surface area contributed by atoms with Crippen molar-refractivity contribution in [3.63, 3.8) is 0 Å². The summed E-state index contributed by atoms with van der Waals surface area (Å²) in [6.45, 7) is 12.8. The van der Waals surface area contributed by atoms with Crippen molar-refractivity contribution < 1.29 is 32.0 Å². The molecule has 2 atom stereocenters. The standard InChI is InChI=1S/C25H28N.C24H26N.C21H22N.C20H20N/c1-19-8-6-7-11-24(19)25-17-16-23(18-26(25)2)22-14-12-21(13-15-22)20-9-4-3-5-10-20;1-18-7-3-6-10-23(18)24-16-15-22(17-25(24)2)21-13-11-20(12-14-21)19-8-4-5-9-19;1-4-17-9-7-10-18(14-17)19-12-13-21(22(3)15-19)20-11-6-5-8-16(20)2;1-15-7-6-9-17(13-15)18-11-12-20(21(3)14-18)19-10-5-4-8-16(19)2/h6-8,11-18,20H,3-5,9-10H2,1-2H3;3,6-7,10-17,19H,4-5,8-9H2,1-2H3;5-15H,4H2,1-3H3;4-14H,1-3H3/q4*+1/i4D2,9D2,20D;4D2,8D2,19D;;. The SMILES string of the molecule is CCc1cccc(-c2ccc(-c3ccccc3C)[n+](C)c2)c1.Cc1cccc(-c2ccc(-c3ccccc3C)[n+](C)c2)c1.[2H]C1([2H])CCC([2H])(c2ccc(-c3ccc(-c4ccccc4C)[n+](C)c3)cc2)C1([2H])[2H].[2H]C1([2H])CCCC([2H])(c2ccc(-c3ccc(-c4ccccc4C)[n+](C)c3)cc2)C1([2H])[2H]. The molecule has 4 nitrogen and oxygen atoms in total. The fourth-order valence-corrected chi connectivity index (χ4v) is 12.6. The van der Waals surface area contributed by atoms with Gasteiger partial charge < -0.3 is 0 Å². The lowest BCUT2D eigenvalue weighted by Gasteiger charge is -2.22. The molecule has 0 aliphatic heterocycles. The highest BCUT2D eigenvalue weighted by Gasteiger charge is 2.21. The van der Waals surface area contributed by atoms with Gasteiger partial charge in [0.1, 0.15) is 28.2 Å². The number of hydrogen-bond donors (Lipinski definition) is 0. The normalized spacial score (nSPS) is 19.4. The third kappa shape index (κ3) is 16.2. The van der Waals surface area contributed by atoms with E-state index in [1.165, 1.54) is 89.3 Å². The Morgan fingerprint density at radius 1 is 0.330 bits per heavy atom. The second kappa shape index (κ2) is 31.3. The van der Waals surface area contributed by atoms with E-state index in [1.54, 1.807) is 24.3 Å². The molecular weight excluding hydrogens is 1140 g/mol. The summed E-state index contributed by atoms with van der Waals surface area (Å²) in [5, 5.41) is 0. The third-order valence-corrected chi connectivity index (χ3v) is 18.1. The number of aryl methyl sites for hydroxylation is 10. The quantitative estimate of drug-likeness (QED) is 0.115. The fourth-order valence-electron chi connectivity index (χ4n) is 12.6. The minimum atomic E-state index is -2.25. The largest absolute Gasteiger partial charge is 0.212 e. The summed E-state index contributed by atoms with van der Waals surface area (Å²) >= 11 is 0. The molecule has 0 saturated heterocycles. The monoisotopic (exact) mass is 1240 g/mol. The number of rotatable bonds is 11. The van der Waals surface area contributed by atoms with Gasteiger partial charge in [0.15, 0.2) is 24.8 Å². The van der Waals surface area contributed by atoms with Crippen LogP contribution in [0, 0.1) is 34.6 Å². The topological polar surface area (TPSA) is 15.5 Å². The second-order valence-corrected chi connectivity index (χ2v) is 24.9. The lowest BCUT2D eigenvalue weighted by molar-refractivity contribution is -0.660. The smallest absolute Gasteiger partial charge is 0.200 e. The van der Waals surface area contributed by atoms with Crippen molar-refractivity contribution in [3.05, 3.63) is 312 Å². The van der Waals surface area contributed by atoms with Crippen LogP contribution < -0.4 is 18.3 Å². The van der Waals surface area contributed by atoms with Crippen molar-refractivity contribution in [1.29, 1.82) is 0 Å². The molecule has 2 unspecified atom stereocenters. The van der Waals surface area contributed by atoms with Gasteiger partial charge in [0.05, 0.1) is 0 Å². The van der Waals surface area contributed by atoms with Crippen LogP contribution in [0.5, 0.6) is 0 Å². The predicted molar refractivity (Wildman–Crippen MR) is 394 cm³/mol. The zero-order valence-corrected chi connectivity index (χ0v) is 56.4. The molecule has 0 spiro atoms. The lowest BCUT2D eigenvalue weighted by Crippen LogP contribution is -2.30. The van der Waals surface area contributed by atoms with Gasteiger partial charge in [0.25, 0.3) is 0 Å². The van der Waals surface area contributed by atoms with Crippen LogP contribution in [0.3, 0.4) is 0 Å². The van der Waals surface area contributed by atoms with E-state index in [0.717, 1.165) is 40.1 Å². The van der Waals surface area contributed by atoms with Crippen LogP contribution in [-0.4, -0.2) is 0 Å². The molecule has 94 heavy (non-hydrogen) atoms. The Balaban J connectivity index is 0.000000141. The van der Waals surface area contributed by atoms with E-state index in [2.05, 4.69) is 269 Å². The Morgan fingerprint density at radius 2 is 0.660 bits per heavy atom. The molecule has 2 aliphatic carbocycles. The van der Waals surface area contributed by atoms with Crippen molar-refractivity contribution in [1.82, 2.24) is 0 Å².